The lowest BCUT2D eigenvalue weighted by Gasteiger charge is -2.14. The van der Waals surface area contributed by atoms with E-state index in [1.807, 2.05) is 36.4 Å². The van der Waals surface area contributed by atoms with Crippen LogP contribution in [0, 0.1) is 0 Å². The highest BCUT2D eigenvalue weighted by Gasteiger charge is 2.20. The highest BCUT2D eigenvalue weighted by molar-refractivity contribution is 7.99. The monoisotopic (exact) mass is 420 g/mol. The number of thioether (sulfide) groups is 1. The quantitative estimate of drug-likeness (QED) is 0.606. The van der Waals surface area contributed by atoms with Crippen LogP contribution in [0.4, 0.5) is 0 Å². The Morgan fingerprint density at radius 1 is 1.04 bits per heavy atom. The molecule has 0 radical (unpaired) electrons. The van der Waals surface area contributed by atoms with Crippen molar-refractivity contribution in [2.45, 2.75) is 11.8 Å². The molecule has 2 heterocycles. The van der Waals surface area contributed by atoms with Crippen LogP contribution in [0.1, 0.15) is 11.4 Å². The van der Waals surface area contributed by atoms with E-state index in [0.717, 1.165) is 22.2 Å². The van der Waals surface area contributed by atoms with Gasteiger partial charge >= 0.3 is 0 Å². The molecule has 0 bridgehead atoms. The maximum Gasteiger partial charge on any atom is 0.212 e. The molecular formula is C18H14Cl2N4O2S. The Morgan fingerprint density at radius 3 is 2.56 bits per heavy atom. The van der Waals surface area contributed by atoms with Crippen molar-refractivity contribution in [2.24, 2.45) is 5.10 Å². The maximum absolute atomic E-state index is 6.13. The number of ether oxygens (including phenoxy) is 2. The summed E-state index contributed by atoms with van der Waals surface area (Å²) in [6.07, 6.45) is 0. The number of benzene rings is 2. The fourth-order valence-corrected chi connectivity index (χ4v) is 3.65. The smallest absolute Gasteiger partial charge is 0.212 e. The van der Waals surface area contributed by atoms with Gasteiger partial charge in [0.1, 0.15) is 18.1 Å². The largest absolute Gasteiger partial charge is 0.497 e. The zero-order valence-electron chi connectivity index (χ0n) is 14.2. The van der Waals surface area contributed by atoms with Gasteiger partial charge in [-0.05, 0) is 36.4 Å². The number of hydrogen-bond acceptors (Lipinski definition) is 6. The molecule has 9 heteroatoms. The van der Waals surface area contributed by atoms with Crippen molar-refractivity contribution in [3.8, 4) is 11.5 Å². The first-order valence-corrected chi connectivity index (χ1v) is 9.75. The van der Waals surface area contributed by atoms with Crippen molar-refractivity contribution in [1.82, 2.24) is 14.9 Å². The minimum absolute atomic E-state index is 0.248. The van der Waals surface area contributed by atoms with E-state index in [-0.39, 0.29) is 6.61 Å². The molecule has 6 nitrogen and oxygen atoms in total. The predicted octanol–water partition coefficient (Wildman–Crippen LogP) is 4.53. The second kappa shape index (κ2) is 7.80. The summed E-state index contributed by atoms with van der Waals surface area (Å²) in [6.45, 7) is 0.248. The molecule has 0 N–H and O–H groups in total. The Balaban J connectivity index is 1.55. The molecular weight excluding hydrogens is 407 g/mol. The van der Waals surface area contributed by atoms with Crippen molar-refractivity contribution in [3.05, 3.63) is 63.9 Å². The van der Waals surface area contributed by atoms with Crippen LogP contribution in [0.3, 0.4) is 0 Å². The lowest BCUT2D eigenvalue weighted by molar-refractivity contribution is 0.289. The molecule has 4 rings (SSSR count). The summed E-state index contributed by atoms with van der Waals surface area (Å²) >= 11 is 13.7. The van der Waals surface area contributed by atoms with Gasteiger partial charge in [0, 0.05) is 11.3 Å². The van der Waals surface area contributed by atoms with E-state index in [2.05, 4.69) is 15.3 Å². The summed E-state index contributed by atoms with van der Waals surface area (Å²) in [5.41, 5.74) is 1.79. The number of methoxy groups -OCH3 is 1. The van der Waals surface area contributed by atoms with Crippen LogP contribution in [0.5, 0.6) is 11.5 Å². The zero-order chi connectivity index (χ0) is 18.8. The van der Waals surface area contributed by atoms with Gasteiger partial charge in [0.15, 0.2) is 5.82 Å². The first kappa shape index (κ1) is 18.2. The first-order valence-electron chi connectivity index (χ1n) is 8.01. The highest BCUT2D eigenvalue weighted by atomic mass is 35.5. The van der Waals surface area contributed by atoms with Crippen molar-refractivity contribution in [3.63, 3.8) is 0 Å². The maximum atomic E-state index is 6.13. The summed E-state index contributed by atoms with van der Waals surface area (Å²) in [6, 6.07) is 12.8. The van der Waals surface area contributed by atoms with Crippen molar-refractivity contribution in [2.75, 3.05) is 12.9 Å². The lowest BCUT2D eigenvalue weighted by Crippen LogP contribution is -2.15. The molecule has 0 fully saturated rings. The molecule has 1 aliphatic heterocycles. The van der Waals surface area contributed by atoms with E-state index in [0.29, 0.717) is 27.4 Å². The van der Waals surface area contributed by atoms with Gasteiger partial charge in [-0.2, -0.15) is 9.78 Å². The minimum atomic E-state index is 0.248. The van der Waals surface area contributed by atoms with Crippen LogP contribution in [0.2, 0.25) is 10.0 Å². The highest BCUT2D eigenvalue weighted by Crippen LogP contribution is 2.28. The van der Waals surface area contributed by atoms with Gasteiger partial charge in [-0.3, -0.25) is 0 Å². The Bertz CT molecular complexity index is 1010. The molecule has 0 amide bonds. The van der Waals surface area contributed by atoms with Gasteiger partial charge in [-0.15, -0.1) is 10.2 Å². The van der Waals surface area contributed by atoms with Crippen LogP contribution in [-0.4, -0.2) is 33.4 Å². The normalized spacial score (nSPS) is 13.1. The molecule has 0 saturated heterocycles. The Kier molecular flexibility index (Phi) is 5.24. The van der Waals surface area contributed by atoms with Gasteiger partial charge in [0.2, 0.25) is 5.16 Å². The SMILES string of the molecule is COc1ccc(OCc2nnc3n2N=C(c2ccc(Cl)c(Cl)c2)CS3)cc1. The molecule has 3 aromatic rings. The summed E-state index contributed by atoms with van der Waals surface area (Å²) in [4.78, 5) is 0. The average Bonchev–Trinajstić information content (AvgIpc) is 3.11. The molecule has 0 atom stereocenters. The lowest BCUT2D eigenvalue weighted by atomic mass is 10.1. The standard InChI is InChI=1S/C18H14Cl2N4O2S/c1-25-12-3-5-13(6-4-12)26-9-17-21-22-18-24(17)23-16(10-27-18)11-2-7-14(19)15(20)8-11/h2-8H,9-10H2,1H3. The number of aromatic nitrogens is 3. The topological polar surface area (TPSA) is 61.5 Å². The molecule has 0 spiro atoms. The van der Waals surface area contributed by atoms with Gasteiger partial charge in [-0.1, -0.05) is 41.0 Å². The summed E-state index contributed by atoms with van der Waals surface area (Å²) in [5, 5.41) is 14.8. The molecule has 1 aromatic heterocycles. The number of rotatable bonds is 5. The van der Waals surface area contributed by atoms with Crippen LogP contribution in [0.25, 0.3) is 0 Å². The second-order valence-corrected chi connectivity index (χ2v) is 7.40. The van der Waals surface area contributed by atoms with Crippen molar-refractivity contribution >= 4 is 40.7 Å². The zero-order valence-corrected chi connectivity index (χ0v) is 16.6. The van der Waals surface area contributed by atoms with Crippen LogP contribution in [-0.2, 0) is 6.61 Å². The van der Waals surface area contributed by atoms with Crippen molar-refractivity contribution < 1.29 is 9.47 Å². The van der Waals surface area contributed by atoms with E-state index in [4.69, 9.17) is 32.7 Å². The number of hydrogen-bond donors (Lipinski definition) is 0. The molecule has 0 unspecified atom stereocenters. The first-order chi connectivity index (χ1) is 13.1. The van der Waals surface area contributed by atoms with E-state index in [1.54, 1.807) is 29.6 Å². The Labute approximate surface area is 170 Å². The van der Waals surface area contributed by atoms with Crippen LogP contribution in [0.15, 0.2) is 52.7 Å². The molecule has 138 valence electrons. The number of halogens is 2. The number of nitrogens with zero attached hydrogens (tertiary/aromatic N) is 4. The van der Waals surface area contributed by atoms with Gasteiger partial charge < -0.3 is 9.47 Å². The second-order valence-electron chi connectivity index (χ2n) is 5.64. The minimum Gasteiger partial charge on any atom is -0.497 e. The predicted molar refractivity (Wildman–Crippen MR) is 106 cm³/mol. The van der Waals surface area contributed by atoms with Gasteiger partial charge in [-0.25, -0.2) is 0 Å². The molecule has 0 aliphatic carbocycles. The third-order valence-corrected chi connectivity index (χ3v) is 5.59. The van der Waals surface area contributed by atoms with Gasteiger partial charge in [0.25, 0.3) is 0 Å². The van der Waals surface area contributed by atoms with E-state index >= 15 is 0 Å². The number of fused-ring (bicyclic) bond motifs is 1. The van der Waals surface area contributed by atoms with E-state index in [1.165, 1.54) is 0 Å². The molecule has 27 heavy (non-hydrogen) atoms. The summed E-state index contributed by atoms with van der Waals surface area (Å²) in [5.74, 6) is 2.78. The van der Waals surface area contributed by atoms with Crippen LogP contribution < -0.4 is 9.47 Å². The fourth-order valence-electron chi connectivity index (χ4n) is 2.50. The Hall–Kier alpha value is -2.22. The van der Waals surface area contributed by atoms with Crippen LogP contribution >= 0.6 is 35.0 Å². The van der Waals surface area contributed by atoms with Crippen molar-refractivity contribution in [1.29, 1.82) is 0 Å². The molecule has 0 saturated carbocycles. The van der Waals surface area contributed by atoms with E-state index < -0.39 is 0 Å². The molecule has 1 aliphatic rings. The average molecular weight is 421 g/mol. The van der Waals surface area contributed by atoms with Gasteiger partial charge in [0.05, 0.1) is 22.9 Å². The summed E-state index contributed by atoms with van der Waals surface area (Å²) < 4.78 is 12.6. The third-order valence-electron chi connectivity index (χ3n) is 3.92. The Morgan fingerprint density at radius 2 is 1.81 bits per heavy atom. The third kappa shape index (κ3) is 3.90. The fraction of sp³-hybridized carbons (Fsp3) is 0.167. The van der Waals surface area contributed by atoms with E-state index in [9.17, 15) is 0 Å². The molecule has 2 aromatic carbocycles. The summed E-state index contributed by atoms with van der Waals surface area (Å²) in [7, 11) is 1.62.